The van der Waals surface area contributed by atoms with Gasteiger partial charge in [0.25, 0.3) is 0 Å². The molecule has 0 fully saturated rings. The first kappa shape index (κ1) is 11.0. The van der Waals surface area contributed by atoms with Crippen LogP contribution in [-0.2, 0) is 6.32 Å². The lowest BCUT2D eigenvalue weighted by Crippen LogP contribution is -2.16. The van der Waals surface area contributed by atoms with E-state index in [0.717, 1.165) is 6.32 Å². The van der Waals surface area contributed by atoms with Crippen molar-refractivity contribution in [3.8, 4) is 0 Å². The molecule has 0 nitrogen and oxygen atoms in total. The first-order chi connectivity index (χ1) is 7.75. The summed E-state index contributed by atoms with van der Waals surface area (Å²) in [7, 11) is 2.28. The van der Waals surface area contributed by atoms with Gasteiger partial charge < -0.3 is 0 Å². The van der Waals surface area contributed by atoms with Crippen molar-refractivity contribution in [3.05, 3.63) is 65.2 Å². The quantitative estimate of drug-likeness (QED) is 0.679. The van der Waals surface area contributed by atoms with Crippen LogP contribution in [0, 0.1) is 13.8 Å². The molecular weight excluding hydrogens is 191 g/mol. The first-order valence-corrected chi connectivity index (χ1v) is 5.70. The maximum atomic E-state index is 2.28. The number of hydrogen-bond acceptors (Lipinski definition) is 0. The Balaban J connectivity index is 2.05. The molecule has 2 rings (SSSR count). The molecule has 0 N–H and O–H groups in total. The van der Waals surface area contributed by atoms with Gasteiger partial charge >= 0.3 is 0 Å². The molecule has 0 aliphatic heterocycles. The van der Waals surface area contributed by atoms with Gasteiger partial charge in [0.15, 0.2) is 7.28 Å². The van der Waals surface area contributed by atoms with Gasteiger partial charge in [0.05, 0.1) is 0 Å². The van der Waals surface area contributed by atoms with Crippen molar-refractivity contribution in [3.63, 3.8) is 0 Å². The van der Waals surface area contributed by atoms with Gasteiger partial charge in [0.2, 0.25) is 0 Å². The smallest absolute Gasteiger partial charge is 0.0874 e. The highest BCUT2D eigenvalue weighted by molar-refractivity contribution is 6.52. The van der Waals surface area contributed by atoms with E-state index in [4.69, 9.17) is 0 Å². The molecule has 0 unspecified atom stereocenters. The minimum absolute atomic E-state index is 1.01. The van der Waals surface area contributed by atoms with Crippen LogP contribution in [0.4, 0.5) is 0 Å². The van der Waals surface area contributed by atoms with Crippen LogP contribution in [0.25, 0.3) is 0 Å². The molecule has 2 aromatic rings. The second-order valence-corrected chi connectivity index (χ2v) is 4.25. The van der Waals surface area contributed by atoms with E-state index in [0.29, 0.717) is 0 Å². The zero-order valence-electron chi connectivity index (χ0n) is 9.90. The lowest BCUT2D eigenvalue weighted by Gasteiger charge is -2.06. The Hall–Kier alpha value is -1.50. The molecule has 0 amide bonds. The zero-order chi connectivity index (χ0) is 11.4. The van der Waals surface area contributed by atoms with Crippen LogP contribution in [0.5, 0.6) is 0 Å². The van der Waals surface area contributed by atoms with E-state index in [1.165, 1.54) is 22.2 Å². The molecule has 16 heavy (non-hydrogen) atoms. The number of benzene rings is 2. The molecule has 2 aromatic carbocycles. The van der Waals surface area contributed by atoms with E-state index < -0.39 is 0 Å². The summed E-state index contributed by atoms with van der Waals surface area (Å²) < 4.78 is 0. The van der Waals surface area contributed by atoms with E-state index >= 15 is 0 Å². The fourth-order valence-electron chi connectivity index (χ4n) is 1.89. The molecule has 0 bridgehead atoms. The molecule has 1 heteroatoms. The average Bonchev–Trinajstić information content (AvgIpc) is 2.29. The van der Waals surface area contributed by atoms with Crippen LogP contribution in [0.1, 0.15) is 16.7 Å². The Labute approximate surface area is 98.6 Å². The third kappa shape index (κ3) is 2.76. The second kappa shape index (κ2) is 5.02. The lowest BCUT2D eigenvalue weighted by molar-refractivity contribution is 1.26. The van der Waals surface area contributed by atoms with Crippen LogP contribution in [0.3, 0.4) is 0 Å². The molecule has 1 radical (unpaired) electrons. The third-order valence-electron chi connectivity index (χ3n) is 2.86. The second-order valence-electron chi connectivity index (χ2n) is 4.25. The molecule has 0 heterocycles. The first-order valence-electron chi connectivity index (χ1n) is 5.70. The Kier molecular flexibility index (Phi) is 3.45. The normalized spacial score (nSPS) is 10.1. The maximum absolute atomic E-state index is 2.28. The molecule has 0 aliphatic carbocycles. The molecule has 79 valence electrons. The summed E-state index contributed by atoms with van der Waals surface area (Å²) >= 11 is 0. The van der Waals surface area contributed by atoms with Gasteiger partial charge in [-0.25, -0.2) is 0 Å². The number of aryl methyl sites for hydroxylation is 2. The maximum Gasteiger partial charge on any atom is 0.156 e. The van der Waals surface area contributed by atoms with E-state index in [9.17, 15) is 0 Å². The van der Waals surface area contributed by atoms with Crippen molar-refractivity contribution in [2.45, 2.75) is 20.2 Å². The summed E-state index contributed by atoms with van der Waals surface area (Å²) in [5.41, 5.74) is 5.42. The van der Waals surface area contributed by atoms with Crippen molar-refractivity contribution in [1.29, 1.82) is 0 Å². The van der Waals surface area contributed by atoms with Crippen LogP contribution in [-0.4, -0.2) is 7.28 Å². The Morgan fingerprint density at radius 1 is 0.938 bits per heavy atom. The van der Waals surface area contributed by atoms with E-state index in [1.807, 2.05) is 0 Å². The van der Waals surface area contributed by atoms with Gasteiger partial charge in [0.1, 0.15) is 0 Å². The van der Waals surface area contributed by atoms with Crippen molar-refractivity contribution in [2.24, 2.45) is 0 Å². The van der Waals surface area contributed by atoms with E-state index in [1.54, 1.807) is 0 Å². The highest BCUT2D eigenvalue weighted by atomic mass is 14.0. The molecular formula is C15H16B. The summed E-state index contributed by atoms with van der Waals surface area (Å²) in [5, 5.41) is 0. The Morgan fingerprint density at radius 3 is 2.38 bits per heavy atom. The van der Waals surface area contributed by atoms with Gasteiger partial charge in [-0.15, -0.1) is 0 Å². The zero-order valence-corrected chi connectivity index (χ0v) is 9.90. The average molecular weight is 207 g/mol. The van der Waals surface area contributed by atoms with E-state index in [-0.39, 0.29) is 0 Å². The Bertz CT molecular complexity index is 460. The summed E-state index contributed by atoms with van der Waals surface area (Å²) in [4.78, 5) is 0. The molecule has 0 saturated carbocycles. The highest BCUT2D eigenvalue weighted by Gasteiger charge is 2.00. The predicted octanol–water partition coefficient (Wildman–Crippen LogP) is 2.83. The standard InChI is InChI=1S/C15H16B/c1-12-8-9-14(13(2)10-12)11-16-15-6-4-3-5-7-15/h3-10H,11H2,1-2H3. The molecule has 0 saturated heterocycles. The number of hydrogen-bond donors (Lipinski definition) is 0. The SMILES string of the molecule is Cc1ccc(C[B]c2ccccc2)c(C)c1. The van der Waals surface area contributed by atoms with Crippen LogP contribution < -0.4 is 5.46 Å². The Morgan fingerprint density at radius 2 is 1.69 bits per heavy atom. The third-order valence-corrected chi connectivity index (χ3v) is 2.86. The highest BCUT2D eigenvalue weighted by Crippen LogP contribution is 2.10. The molecule has 0 aliphatic rings. The lowest BCUT2D eigenvalue weighted by atomic mass is 9.65. The molecule has 0 spiro atoms. The molecule has 0 aromatic heterocycles. The van der Waals surface area contributed by atoms with Gasteiger partial charge in [-0.3, -0.25) is 0 Å². The van der Waals surface area contributed by atoms with Crippen LogP contribution in [0.2, 0.25) is 0 Å². The van der Waals surface area contributed by atoms with E-state index in [2.05, 4.69) is 69.7 Å². The molecule has 0 atom stereocenters. The summed E-state index contributed by atoms with van der Waals surface area (Å²) in [5.74, 6) is 0. The minimum Gasteiger partial charge on any atom is -0.0874 e. The van der Waals surface area contributed by atoms with Crippen molar-refractivity contribution >= 4 is 12.7 Å². The topological polar surface area (TPSA) is 0 Å². The van der Waals surface area contributed by atoms with Gasteiger partial charge in [-0.1, -0.05) is 65.1 Å². The van der Waals surface area contributed by atoms with Crippen LogP contribution in [0.15, 0.2) is 48.5 Å². The predicted molar refractivity (Wildman–Crippen MR) is 71.5 cm³/mol. The van der Waals surface area contributed by atoms with Gasteiger partial charge in [0, 0.05) is 0 Å². The fraction of sp³-hybridized carbons (Fsp3) is 0.200. The van der Waals surface area contributed by atoms with Gasteiger partial charge in [-0.05, 0) is 25.7 Å². The van der Waals surface area contributed by atoms with Crippen molar-refractivity contribution in [2.75, 3.05) is 0 Å². The monoisotopic (exact) mass is 207 g/mol. The van der Waals surface area contributed by atoms with Crippen molar-refractivity contribution in [1.82, 2.24) is 0 Å². The summed E-state index contributed by atoms with van der Waals surface area (Å²) in [6.45, 7) is 4.32. The largest absolute Gasteiger partial charge is 0.156 e. The van der Waals surface area contributed by atoms with Crippen LogP contribution >= 0.6 is 0 Å². The summed E-state index contributed by atoms with van der Waals surface area (Å²) in [6, 6.07) is 17.1. The fourth-order valence-corrected chi connectivity index (χ4v) is 1.89. The minimum atomic E-state index is 1.01. The van der Waals surface area contributed by atoms with Gasteiger partial charge in [-0.2, -0.15) is 0 Å². The summed E-state index contributed by atoms with van der Waals surface area (Å²) in [6.07, 6.45) is 1.01. The van der Waals surface area contributed by atoms with Crippen molar-refractivity contribution < 1.29 is 0 Å². The number of rotatable bonds is 3.